The van der Waals surface area contributed by atoms with Crippen molar-refractivity contribution in [3.63, 3.8) is 0 Å². The molecule has 1 amide bonds. The lowest BCUT2D eigenvalue weighted by atomic mass is 10.00. The highest BCUT2D eigenvalue weighted by Gasteiger charge is 2.25. The van der Waals surface area contributed by atoms with Gasteiger partial charge in [0.05, 0.1) is 11.3 Å². The van der Waals surface area contributed by atoms with Crippen molar-refractivity contribution < 1.29 is 9.53 Å². The predicted molar refractivity (Wildman–Crippen MR) is 145 cm³/mol. The van der Waals surface area contributed by atoms with E-state index in [0.717, 1.165) is 25.8 Å². The highest BCUT2D eigenvalue weighted by Crippen LogP contribution is 2.21. The van der Waals surface area contributed by atoms with E-state index in [2.05, 4.69) is 30.3 Å². The van der Waals surface area contributed by atoms with Crippen LogP contribution in [-0.4, -0.2) is 39.3 Å². The number of H-pyrrole nitrogens is 1. The predicted octanol–water partition coefficient (Wildman–Crippen LogP) is 4.67. The van der Waals surface area contributed by atoms with Crippen molar-refractivity contribution in [3.05, 3.63) is 101 Å². The third-order valence-corrected chi connectivity index (χ3v) is 5.80. The Morgan fingerprint density at radius 3 is 2.61 bits per heavy atom. The second-order valence-corrected chi connectivity index (χ2v) is 8.18. The zero-order chi connectivity index (χ0) is 26.7. The molecule has 1 aliphatic heterocycles. The van der Waals surface area contributed by atoms with Gasteiger partial charge in [-0.1, -0.05) is 32.2 Å². The van der Waals surface area contributed by atoms with Crippen LogP contribution in [-0.2, 0) is 4.79 Å². The van der Waals surface area contributed by atoms with Crippen molar-refractivity contribution in [3.8, 4) is 5.75 Å². The van der Waals surface area contributed by atoms with Crippen molar-refractivity contribution in [1.29, 1.82) is 5.41 Å². The number of benzene rings is 1. The van der Waals surface area contributed by atoms with Crippen molar-refractivity contribution >= 4 is 17.4 Å². The lowest BCUT2D eigenvalue weighted by Gasteiger charge is -2.21. The van der Waals surface area contributed by atoms with Crippen LogP contribution in [0, 0.1) is 12.3 Å². The van der Waals surface area contributed by atoms with Crippen molar-refractivity contribution in [2.45, 2.75) is 46.1 Å². The molecule has 1 fully saturated rings. The number of anilines is 1. The summed E-state index contributed by atoms with van der Waals surface area (Å²) in [6.45, 7) is 13.7. The van der Waals surface area contributed by atoms with Crippen LogP contribution in [0.15, 0.2) is 78.4 Å². The third kappa shape index (κ3) is 7.15. The largest absolute Gasteiger partial charge is 0.457 e. The molecule has 1 aromatic carbocycles. The molecule has 0 spiro atoms. The normalized spacial score (nSPS) is 15.2. The molecule has 2 heterocycles. The number of aromatic amines is 1. The maximum absolute atomic E-state index is 11.7. The van der Waals surface area contributed by atoms with Crippen LogP contribution in [0.25, 0.3) is 0 Å². The summed E-state index contributed by atoms with van der Waals surface area (Å²) >= 11 is 0. The van der Waals surface area contributed by atoms with E-state index in [9.17, 15) is 9.59 Å². The minimum absolute atomic E-state index is 0.0920. The molecule has 1 aromatic heterocycles. The first-order valence-corrected chi connectivity index (χ1v) is 11.9. The second-order valence-electron chi connectivity index (χ2n) is 8.18. The number of likely N-dealkylation sites (tertiary alicyclic amines) is 1. The summed E-state index contributed by atoms with van der Waals surface area (Å²) < 4.78 is 5.74. The molecule has 1 atom stereocenters. The fourth-order valence-corrected chi connectivity index (χ4v) is 3.91. The van der Waals surface area contributed by atoms with E-state index in [1.54, 1.807) is 43.3 Å². The summed E-state index contributed by atoms with van der Waals surface area (Å²) in [5.41, 5.74) is 6.89. The van der Waals surface area contributed by atoms with Gasteiger partial charge in [-0.3, -0.25) is 15.0 Å². The molecule has 1 aliphatic rings. The Morgan fingerprint density at radius 2 is 2.03 bits per heavy atom. The summed E-state index contributed by atoms with van der Waals surface area (Å²) in [7, 11) is 0. The van der Waals surface area contributed by atoms with Crippen LogP contribution in [0.2, 0.25) is 0 Å². The van der Waals surface area contributed by atoms with E-state index in [-0.39, 0.29) is 23.0 Å². The van der Waals surface area contributed by atoms with Crippen molar-refractivity contribution in [1.82, 2.24) is 15.1 Å². The van der Waals surface area contributed by atoms with Gasteiger partial charge >= 0.3 is 0 Å². The van der Waals surface area contributed by atoms with Gasteiger partial charge in [0.2, 0.25) is 5.91 Å². The molecule has 0 radical (unpaired) electrons. The zero-order valence-electron chi connectivity index (χ0n) is 21.2. The first kappa shape index (κ1) is 28.0. The molecular formula is C28H35N5O3. The molecule has 4 N–H and O–H groups in total. The number of hydrogen-bond acceptors (Lipinski definition) is 6. The summed E-state index contributed by atoms with van der Waals surface area (Å²) in [6, 6.07) is 7.44. The van der Waals surface area contributed by atoms with Gasteiger partial charge in [0, 0.05) is 23.7 Å². The lowest BCUT2D eigenvalue weighted by Crippen LogP contribution is -2.33. The van der Waals surface area contributed by atoms with Crippen LogP contribution in [0.3, 0.4) is 0 Å². The van der Waals surface area contributed by atoms with Crippen LogP contribution in [0.4, 0.5) is 5.82 Å². The van der Waals surface area contributed by atoms with Crippen LogP contribution >= 0.6 is 0 Å². The van der Waals surface area contributed by atoms with E-state index in [0.29, 0.717) is 34.2 Å². The summed E-state index contributed by atoms with van der Waals surface area (Å²) in [4.78, 5) is 24.8. The molecule has 0 saturated carbocycles. The first-order valence-electron chi connectivity index (χ1n) is 11.9. The van der Waals surface area contributed by atoms with Gasteiger partial charge in [0.25, 0.3) is 5.56 Å². The molecule has 8 nitrogen and oxygen atoms in total. The molecule has 0 aliphatic carbocycles. The van der Waals surface area contributed by atoms with Crippen molar-refractivity contribution in [2.24, 2.45) is 0 Å². The molecule has 8 heteroatoms. The number of allylic oxidation sites excluding steroid dienone is 4. The minimum atomic E-state index is -0.362. The molecule has 3 rings (SSSR count). The summed E-state index contributed by atoms with van der Waals surface area (Å²) in [6.07, 6.45) is 11.9. The van der Waals surface area contributed by atoms with Crippen LogP contribution in [0.1, 0.15) is 49.8 Å². The SMILES string of the molecule is C=C/C=C(\C=C/C)Oc1ccc(C(=N)c2c(N)n[nH]c(=O)c2C)cc1.C=CC(=O)N1CCCC1CC. The third-order valence-electron chi connectivity index (χ3n) is 5.80. The fourth-order valence-electron chi connectivity index (χ4n) is 3.91. The number of carbonyl (C=O) groups excluding carboxylic acids is 1. The number of nitrogens with zero attached hydrogens (tertiary/aromatic N) is 2. The average Bonchev–Trinajstić information content (AvgIpc) is 3.36. The van der Waals surface area contributed by atoms with Gasteiger partial charge in [-0.2, -0.15) is 5.10 Å². The Balaban J connectivity index is 0.000000346. The number of rotatable bonds is 8. The molecule has 36 heavy (non-hydrogen) atoms. The van der Waals surface area contributed by atoms with Gasteiger partial charge in [0.1, 0.15) is 11.5 Å². The quantitative estimate of drug-likeness (QED) is 0.215. The van der Waals surface area contributed by atoms with Crippen LogP contribution < -0.4 is 16.0 Å². The molecule has 190 valence electrons. The molecule has 2 aromatic rings. The maximum Gasteiger partial charge on any atom is 0.267 e. The average molecular weight is 490 g/mol. The standard InChI is InChI=1S/C19H20N4O2.C9H15NO/c1-4-6-14(7-5-2)25-15-10-8-13(9-11-15)17(20)16-12(3)19(24)23-22-18(16)21;1-3-8-6-5-7-10(8)9(11)4-2/h4-11,20H,1H2,2-3H3,(H2,21,22)(H,23,24);4,8H,2-3,5-7H2,1H3/b7-5-,14-6+,20-17?;. The zero-order valence-corrected chi connectivity index (χ0v) is 21.2. The fraction of sp³-hybridized carbons (Fsp3) is 0.286. The molecule has 0 bridgehead atoms. The van der Waals surface area contributed by atoms with E-state index >= 15 is 0 Å². The Kier molecular flexibility index (Phi) is 10.6. The number of nitrogens with one attached hydrogen (secondary N) is 2. The van der Waals surface area contributed by atoms with E-state index in [1.807, 2.05) is 24.0 Å². The number of amides is 1. The molecule has 1 unspecified atom stereocenters. The van der Waals surface area contributed by atoms with Gasteiger partial charge in [-0.15, -0.1) is 0 Å². The Hall–Kier alpha value is -4.20. The van der Waals surface area contributed by atoms with Gasteiger partial charge in [0.15, 0.2) is 5.82 Å². The summed E-state index contributed by atoms with van der Waals surface area (Å²) in [5.74, 6) is 1.48. The van der Waals surface area contributed by atoms with E-state index in [4.69, 9.17) is 15.9 Å². The minimum Gasteiger partial charge on any atom is -0.457 e. The number of nitrogen functional groups attached to an aromatic ring is 1. The van der Waals surface area contributed by atoms with Gasteiger partial charge in [-0.05, 0) is 75.6 Å². The highest BCUT2D eigenvalue weighted by molar-refractivity contribution is 6.14. The molecular weight excluding hydrogens is 454 g/mol. The Bertz CT molecular complexity index is 1210. The Labute approximate surface area is 212 Å². The number of nitrogens with two attached hydrogens (primary N) is 1. The number of aromatic nitrogens is 2. The monoisotopic (exact) mass is 489 g/mol. The van der Waals surface area contributed by atoms with Gasteiger partial charge in [-0.25, -0.2) is 5.10 Å². The highest BCUT2D eigenvalue weighted by atomic mass is 16.5. The van der Waals surface area contributed by atoms with Gasteiger partial charge < -0.3 is 15.4 Å². The lowest BCUT2D eigenvalue weighted by molar-refractivity contribution is -0.126. The molecule has 1 saturated heterocycles. The van der Waals surface area contributed by atoms with Crippen LogP contribution in [0.5, 0.6) is 5.75 Å². The number of hydrogen-bond donors (Lipinski definition) is 3. The van der Waals surface area contributed by atoms with E-state index < -0.39 is 0 Å². The number of carbonyl (C=O) groups is 1. The number of ether oxygens (including phenoxy) is 1. The van der Waals surface area contributed by atoms with E-state index in [1.165, 1.54) is 6.08 Å². The first-order chi connectivity index (χ1) is 17.3. The topological polar surface area (TPSA) is 125 Å². The maximum atomic E-state index is 11.7. The smallest absolute Gasteiger partial charge is 0.267 e. The Morgan fingerprint density at radius 1 is 1.33 bits per heavy atom. The summed E-state index contributed by atoms with van der Waals surface area (Å²) in [5, 5.41) is 14.4. The second kappa shape index (κ2) is 13.6. The van der Waals surface area contributed by atoms with Crippen molar-refractivity contribution in [2.75, 3.05) is 12.3 Å².